The summed E-state index contributed by atoms with van der Waals surface area (Å²) in [6.07, 6.45) is 5.10. The topological polar surface area (TPSA) is 17.8 Å². The molecule has 2 nitrogen and oxygen atoms in total. The lowest BCUT2D eigenvalue weighted by Gasteiger charge is -2.08. The van der Waals surface area contributed by atoms with Crippen LogP contribution in [0, 0.1) is 0 Å². The lowest BCUT2D eigenvalue weighted by atomic mass is 10.1. The van der Waals surface area contributed by atoms with E-state index >= 15 is 0 Å². The second kappa shape index (κ2) is 6.76. The molecule has 0 amide bonds. The van der Waals surface area contributed by atoms with Gasteiger partial charge in [0.15, 0.2) is 0 Å². The molecule has 0 bridgehead atoms. The minimum absolute atomic E-state index is 0.105. The minimum atomic E-state index is 0.105. The number of hydrogen-bond donors (Lipinski definition) is 0. The van der Waals surface area contributed by atoms with Gasteiger partial charge in [0.25, 0.3) is 0 Å². The molecule has 1 unspecified atom stereocenters. The highest BCUT2D eigenvalue weighted by Crippen LogP contribution is 2.25. The van der Waals surface area contributed by atoms with Crippen molar-refractivity contribution in [2.45, 2.75) is 44.5 Å². The molecule has 1 heterocycles. The number of hydrogen-bond acceptors (Lipinski definition) is 1. The van der Waals surface area contributed by atoms with Crippen molar-refractivity contribution in [2.75, 3.05) is 0 Å². The summed E-state index contributed by atoms with van der Waals surface area (Å²) in [5, 5.41) is 4.66. The molecule has 0 aliphatic heterocycles. The van der Waals surface area contributed by atoms with Crippen molar-refractivity contribution < 1.29 is 0 Å². The first kappa shape index (κ1) is 14.1. The molecule has 2 aromatic rings. The summed E-state index contributed by atoms with van der Waals surface area (Å²) < 4.78 is 2.00. The maximum absolute atomic E-state index is 6.40. The summed E-state index contributed by atoms with van der Waals surface area (Å²) >= 11 is 6.40. The summed E-state index contributed by atoms with van der Waals surface area (Å²) in [7, 11) is 0. The zero-order valence-electron chi connectivity index (χ0n) is 11.6. The number of benzene rings is 1. The van der Waals surface area contributed by atoms with Crippen LogP contribution in [0.15, 0.2) is 42.6 Å². The zero-order valence-corrected chi connectivity index (χ0v) is 12.3. The van der Waals surface area contributed by atoms with E-state index in [0.29, 0.717) is 6.04 Å². The van der Waals surface area contributed by atoms with Gasteiger partial charge in [0, 0.05) is 12.2 Å². The monoisotopic (exact) mass is 276 g/mol. The van der Waals surface area contributed by atoms with Gasteiger partial charge < -0.3 is 0 Å². The molecule has 1 aromatic heterocycles. The Kier molecular flexibility index (Phi) is 5.03. The molecule has 0 aliphatic carbocycles. The van der Waals surface area contributed by atoms with E-state index in [-0.39, 0.29) is 5.38 Å². The summed E-state index contributed by atoms with van der Waals surface area (Å²) in [6, 6.07) is 12.8. The summed E-state index contributed by atoms with van der Waals surface area (Å²) in [4.78, 5) is 0. The van der Waals surface area contributed by atoms with Crippen molar-refractivity contribution in [3.05, 3.63) is 53.9 Å². The molecule has 3 heteroatoms. The van der Waals surface area contributed by atoms with Gasteiger partial charge in [-0.25, -0.2) is 0 Å². The van der Waals surface area contributed by atoms with Gasteiger partial charge in [0.2, 0.25) is 0 Å². The molecule has 19 heavy (non-hydrogen) atoms. The van der Waals surface area contributed by atoms with Crippen LogP contribution in [0.4, 0.5) is 0 Å². The number of alkyl halides is 1. The third-order valence-corrected chi connectivity index (χ3v) is 3.71. The lowest BCUT2D eigenvalue weighted by molar-refractivity contribution is 0.524. The SMILES string of the molecule is CC(C)n1ccc(CCCC(Cl)c2ccccc2)n1. The minimum Gasteiger partial charge on any atom is -0.270 e. The van der Waals surface area contributed by atoms with E-state index in [9.17, 15) is 0 Å². The number of nitrogens with zero attached hydrogens (tertiary/aromatic N) is 2. The van der Waals surface area contributed by atoms with E-state index in [0.717, 1.165) is 25.0 Å². The first-order valence-corrected chi connectivity index (χ1v) is 7.33. The molecule has 1 atom stereocenters. The molecule has 2 rings (SSSR count). The Hall–Kier alpha value is -1.28. The van der Waals surface area contributed by atoms with Gasteiger partial charge in [-0.2, -0.15) is 5.10 Å². The Balaban J connectivity index is 1.80. The average molecular weight is 277 g/mol. The second-order valence-corrected chi connectivity index (χ2v) is 5.68. The van der Waals surface area contributed by atoms with Gasteiger partial charge in [0.1, 0.15) is 0 Å². The lowest BCUT2D eigenvalue weighted by Crippen LogP contribution is -2.02. The van der Waals surface area contributed by atoms with E-state index in [4.69, 9.17) is 11.6 Å². The summed E-state index contributed by atoms with van der Waals surface area (Å²) in [5.74, 6) is 0. The molecule has 0 N–H and O–H groups in total. The molecular weight excluding hydrogens is 256 g/mol. The molecule has 0 aliphatic rings. The fourth-order valence-electron chi connectivity index (χ4n) is 2.09. The fourth-order valence-corrected chi connectivity index (χ4v) is 2.39. The Morgan fingerprint density at radius 2 is 1.89 bits per heavy atom. The molecular formula is C16H21ClN2. The normalized spacial score (nSPS) is 12.8. The maximum atomic E-state index is 6.40. The highest BCUT2D eigenvalue weighted by atomic mass is 35.5. The quantitative estimate of drug-likeness (QED) is 0.695. The summed E-state index contributed by atoms with van der Waals surface area (Å²) in [6.45, 7) is 4.28. The predicted molar refractivity (Wildman–Crippen MR) is 80.6 cm³/mol. The molecule has 0 saturated heterocycles. The molecule has 0 fully saturated rings. The van der Waals surface area contributed by atoms with Gasteiger partial charge >= 0.3 is 0 Å². The smallest absolute Gasteiger partial charge is 0.0624 e. The van der Waals surface area contributed by atoms with Crippen LogP contribution in [-0.2, 0) is 6.42 Å². The van der Waals surface area contributed by atoms with Crippen molar-refractivity contribution in [1.82, 2.24) is 9.78 Å². The number of aryl methyl sites for hydroxylation is 1. The second-order valence-electron chi connectivity index (χ2n) is 5.15. The number of halogens is 1. The Labute approximate surface area is 120 Å². The van der Waals surface area contributed by atoms with Crippen LogP contribution in [0.25, 0.3) is 0 Å². The van der Waals surface area contributed by atoms with Gasteiger partial charge in [-0.15, -0.1) is 11.6 Å². The molecule has 0 spiro atoms. The van der Waals surface area contributed by atoms with Crippen LogP contribution in [0.2, 0.25) is 0 Å². The number of aromatic nitrogens is 2. The van der Waals surface area contributed by atoms with Crippen LogP contribution in [0.1, 0.15) is 49.4 Å². The van der Waals surface area contributed by atoms with Crippen LogP contribution in [0.3, 0.4) is 0 Å². The fraction of sp³-hybridized carbons (Fsp3) is 0.438. The van der Waals surface area contributed by atoms with Crippen LogP contribution in [0.5, 0.6) is 0 Å². The van der Waals surface area contributed by atoms with Gasteiger partial charge in [-0.05, 0) is 44.7 Å². The highest BCUT2D eigenvalue weighted by Gasteiger charge is 2.08. The van der Waals surface area contributed by atoms with Gasteiger partial charge in [0.05, 0.1) is 11.1 Å². The predicted octanol–water partition coefficient (Wildman–Crippen LogP) is 4.77. The average Bonchev–Trinajstić information content (AvgIpc) is 2.89. The van der Waals surface area contributed by atoms with Crippen molar-refractivity contribution in [3.63, 3.8) is 0 Å². The van der Waals surface area contributed by atoms with Gasteiger partial charge in [-0.1, -0.05) is 30.3 Å². The van der Waals surface area contributed by atoms with Crippen LogP contribution < -0.4 is 0 Å². The van der Waals surface area contributed by atoms with E-state index in [1.807, 2.05) is 22.9 Å². The molecule has 102 valence electrons. The third kappa shape index (κ3) is 4.10. The third-order valence-electron chi connectivity index (χ3n) is 3.24. The first-order chi connectivity index (χ1) is 9.16. The van der Waals surface area contributed by atoms with Crippen LogP contribution in [-0.4, -0.2) is 9.78 Å². The number of rotatable bonds is 6. The van der Waals surface area contributed by atoms with Crippen LogP contribution >= 0.6 is 11.6 Å². The maximum Gasteiger partial charge on any atom is 0.0624 e. The zero-order chi connectivity index (χ0) is 13.7. The van der Waals surface area contributed by atoms with E-state index in [1.54, 1.807) is 0 Å². The Morgan fingerprint density at radius 3 is 2.53 bits per heavy atom. The highest BCUT2D eigenvalue weighted by molar-refractivity contribution is 6.20. The van der Waals surface area contributed by atoms with E-state index in [1.165, 1.54) is 5.56 Å². The largest absolute Gasteiger partial charge is 0.270 e. The standard InChI is InChI=1S/C16H21ClN2/c1-13(2)19-12-11-15(18-19)9-6-10-16(17)14-7-4-3-5-8-14/h3-5,7-8,11-13,16H,6,9-10H2,1-2H3. The van der Waals surface area contributed by atoms with Crippen molar-refractivity contribution >= 4 is 11.6 Å². The van der Waals surface area contributed by atoms with Crippen molar-refractivity contribution in [2.24, 2.45) is 0 Å². The molecule has 1 aromatic carbocycles. The van der Waals surface area contributed by atoms with Gasteiger partial charge in [-0.3, -0.25) is 4.68 Å². The Morgan fingerprint density at radius 1 is 1.16 bits per heavy atom. The van der Waals surface area contributed by atoms with Crippen molar-refractivity contribution in [1.29, 1.82) is 0 Å². The molecule has 0 saturated carbocycles. The van der Waals surface area contributed by atoms with Crippen molar-refractivity contribution in [3.8, 4) is 0 Å². The molecule has 0 radical (unpaired) electrons. The first-order valence-electron chi connectivity index (χ1n) is 6.90. The summed E-state index contributed by atoms with van der Waals surface area (Å²) in [5.41, 5.74) is 2.36. The van der Waals surface area contributed by atoms with E-state index in [2.05, 4.69) is 43.3 Å². The Bertz CT molecular complexity index is 490. The van der Waals surface area contributed by atoms with E-state index < -0.39 is 0 Å².